The Hall–Kier alpha value is -1.06. The van der Waals surface area contributed by atoms with Crippen LogP contribution in [0.1, 0.15) is 32.6 Å². The number of nitrogens with zero attached hydrogens (tertiary/aromatic N) is 1. The van der Waals surface area contributed by atoms with Crippen LogP contribution in [0.25, 0.3) is 0 Å². The Labute approximate surface area is 90.0 Å². The highest BCUT2D eigenvalue weighted by atomic mass is 16.2. The first-order valence-electron chi connectivity index (χ1n) is 5.77. The first-order valence-corrected chi connectivity index (χ1v) is 5.77. The molecule has 0 spiro atoms. The lowest BCUT2D eigenvalue weighted by Crippen LogP contribution is -2.46. The van der Waals surface area contributed by atoms with E-state index in [-0.39, 0.29) is 23.8 Å². The van der Waals surface area contributed by atoms with E-state index in [0.29, 0.717) is 0 Å². The predicted molar refractivity (Wildman–Crippen MR) is 56.1 cm³/mol. The van der Waals surface area contributed by atoms with Gasteiger partial charge in [-0.1, -0.05) is 0 Å². The van der Waals surface area contributed by atoms with Crippen molar-refractivity contribution in [2.45, 2.75) is 38.6 Å². The largest absolute Gasteiger partial charge is 0.344 e. The summed E-state index contributed by atoms with van der Waals surface area (Å²) in [5.74, 6) is 0.301. The first kappa shape index (κ1) is 10.5. The Morgan fingerprint density at radius 3 is 2.40 bits per heavy atom. The zero-order chi connectivity index (χ0) is 10.8. The number of rotatable bonds is 3. The van der Waals surface area contributed by atoms with E-state index in [9.17, 15) is 9.59 Å². The number of nitrogens with one attached hydrogen (secondary N) is 1. The summed E-state index contributed by atoms with van der Waals surface area (Å²) in [6, 6.07) is -0.351. The molecule has 0 radical (unpaired) electrons. The fourth-order valence-electron chi connectivity index (χ4n) is 1.95. The second-order valence-electron chi connectivity index (χ2n) is 4.54. The highest BCUT2D eigenvalue weighted by molar-refractivity contribution is 5.89. The SMILES string of the molecule is CC(NC(=O)C1CC1)C(=O)N1CCCC1. The molecular weight excluding hydrogens is 192 g/mol. The van der Waals surface area contributed by atoms with Gasteiger partial charge in [-0.25, -0.2) is 0 Å². The maximum atomic E-state index is 11.8. The fraction of sp³-hybridized carbons (Fsp3) is 0.818. The van der Waals surface area contributed by atoms with Crippen molar-refractivity contribution in [3.8, 4) is 0 Å². The maximum absolute atomic E-state index is 11.8. The molecule has 2 aliphatic rings. The van der Waals surface area contributed by atoms with Crippen LogP contribution in [0.3, 0.4) is 0 Å². The molecule has 0 aromatic rings. The maximum Gasteiger partial charge on any atom is 0.244 e. The number of carbonyl (C=O) groups is 2. The van der Waals surface area contributed by atoms with Crippen molar-refractivity contribution in [1.82, 2.24) is 10.2 Å². The molecule has 1 N–H and O–H groups in total. The number of hydrogen-bond donors (Lipinski definition) is 1. The van der Waals surface area contributed by atoms with Gasteiger partial charge in [0.1, 0.15) is 6.04 Å². The minimum atomic E-state index is -0.351. The predicted octanol–water partition coefficient (Wildman–Crippen LogP) is 0.524. The van der Waals surface area contributed by atoms with E-state index in [2.05, 4.69) is 5.32 Å². The van der Waals surface area contributed by atoms with Crippen LogP contribution in [0, 0.1) is 5.92 Å². The molecule has 1 saturated carbocycles. The third-order valence-corrected chi connectivity index (χ3v) is 3.10. The molecule has 2 fully saturated rings. The lowest BCUT2D eigenvalue weighted by molar-refractivity contribution is -0.135. The normalized spacial score (nSPS) is 22.6. The third-order valence-electron chi connectivity index (χ3n) is 3.10. The van der Waals surface area contributed by atoms with Gasteiger partial charge in [0.2, 0.25) is 11.8 Å². The molecule has 2 rings (SSSR count). The van der Waals surface area contributed by atoms with Crippen molar-refractivity contribution < 1.29 is 9.59 Å². The first-order chi connectivity index (χ1) is 7.18. The monoisotopic (exact) mass is 210 g/mol. The second-order valence-corrected chi connectivity index (χ2v) is 4.54. The van der Waals surface area contributed by atoms with Gasteiger partial charge in [0, 0.05) is 19.0 Å². The van der Waals surface area contributed by atoms with Crippen LogP contribution < -0.4 is 5.32 Å². The summed E-state index contributed by atoms with van der Waals surface area (Å²) in [4.78, 5) is 25.1. The molecule has 1 atom stereocenters. The van der Waals surface area contributed by atoms with Gasteiger partial charge < -0.3 is 10.2 Å². The van der Waals surface area contributed by atoms with Crippen molar-refractivity contribution in [3.05, 3.63) is 0 Å². The summed E-state index contributed by atoms with van der Waals surface area (Å²) < 4.78 is 0. The molecule has 1 aliphatic carbocycles. The number of hydrogen-bond acceptors (Lipinski definition) is 2. The van der Waals surface area contributed by atoms with Gasteiger partial charge in [0.05, 0.1) is 0 Å². The van der Waals surface area contributed by atoms with E-state index in [0.717, 1.165) is 38.8 Å². The van der Waals surface area contributed by atoms with Gasteiger partial charge in [-0.05, 0) is 32.6 Å². The molecule has 1 heterocycles. The third kappa shape index (κ3) is 2.49. The molecule has 0 bridgehead atoms. The fourth-order valence-corrected chi connectivity index (χ4v) is 1.95. The van der Waals surface area contributed by atoms with Crippen LogP contribution in [0.15, 0.2) is 0 Å². The van der Waals surface area contributed by atoms with Crippen LogP contribution in [0.5, 0.6) is 0 Å². The molecule has 15 heavy (non-hydrogen) atoms. The Balaban J connectivity index is 1.80. The van der Waals surface area contributed by atoms with Gasteiger partial charge in [-0.2, -0.15) is 0 Å². The van der Waals surface area contributed by atoms with E-state index in [1.165, 1.54) is 0 Å². The van der Waals surface area contributed by atoms with Gasteiger partial charge in [-0.15, -0.1) is 0 Å². The van der Waals surface area contributed by atoms with Crippen molar-refractivity contribution in [3.63, 3.8) is 0 Å². The zero-order valence-corrected chi connectivity index (χ0v) is 9.16. The van der Waals surface area contributed by atoms with Crippen molar-refractivity contribution in [2.24, 2.45) is 5.92 Å². The minimum absolute atomic E-state index is 0.0510. The van der Waals surface area contributed by atoms with E-state index in [1.807, 2.05) is 4.90 Å². The average molecular weight is 210 g/mol. The van der Waals surface area contributed by atoms with E-state index in [1.54, 1.807) is 6.92 Å². The lowest BCUT2D eigenvalue weighted by Gasteiger charge is -2.21. The molecule has 1 unspecified atom stereocenters. The number of amides is 2. The van der Waals surface area contributed by atoms with E-state index >= 15 is 0 Å². The van der Waals surface area contributed by atoms with Gasteiger partial charge >= 0.3 is 0 Å². The highest BCUT2D eigenvalue weighted by Crippen LogP contribution is 2.28. The smallest absolute Gasteiger partial charge is 0.244 e. The van der Waals surface area contributed by atoms with E-state index in [4.69, 9.17) is 0 Å². The standard InChI is InChI=1S/C11H18N2O2/c1-8(12-10(14)9-4-5-9)11(15)13-6-2-3-7-13/h8-9H,2-7H2,1H3,(H,12,14). The van der Waals surface area contributed by atoms with Crippen LogP contribution in [-0.4, -0.2) is 35.8 Å². The van der Waals surface area contributed by atoms with Gasteiger partial charge in [0.15, 0.2) is 0 Å². The quantitative estimate of drug-likeness (QED) is 0.738. The molecule has 84 valence electrons. The molecule has 2 amide bonds. The molecule has 4 heteroatoms. The van der Waals surface area contributed by atoms with Gasteiger partial charge in [-0.3, -0.25) is 9.59 Å². The molecule has 0 aromatic carbocycles. The highest BCUT2D eigenvalue weighted by Gasteiger charge is 2.32. The van der Waals surface area contributed by atoms with E-state index < -0.39 is 0 Å². The van der Waals surface area contributed by atoms with Crippen LogP contribution in [-0.2, 0) is 9.59 Å². The summed E-state index contributed by atoms with van der Waals surface area (Å²) in [6.45, 7) is 3.48. The zero-order valence-electron chi connectivity index (χ0n) is 9.16. The minimum Gasteiger partial charge on any atom is -0.344 e. The Morgan fingerprint density at radius 1 is 1.27 bits per heavy atom. The van der Waals surface area contributed by atoms with Gasteiger partial charge in [0.25, 0.3) is 0 Å². The summed E-state index contributed by atoms with van der Waals surface area (Å²) in [6.07, 6.45) is 4.15. The lowest BCUT2D eigenvalue weighted by atomic mass is 10.2. The Kier molecular flexibility index (Phi) is 2.93. The molecule has 0 aromatic heterocycles. The topological polar surface area (TPSA) is 49.4 Å². The van der Waals surface area contributed by atoms with Crippen molar-refractivity contribution in [1.29, 1.82) is 0 Å². The Morgan fingerprint density at radius 2 is 1.87 bits per heavy atom. The second kappa shape index (κ2) is 4.21. The summed E-state index contributed by atoms with van der Waals surface area (Å²) >= 11 is 0. The van der Waals surface area contributed by atoms with Crippen LogP contribution in [0.2, 0.25) is 0 Å². The summed E-state index contributed by atoms with van der Waals surface area (Å²) in [5, 5.41) is 2.79. The molecular formula is C11H18N2O2. The molecule has 1 aliphatic heterocycles. The summed E-state index contributed by atoms with van der Waals surface area (Å²) in [5.41, 5.74) is 0. The van der Waals surface area contributed by atoms with Crippen molar-refractivity contribution >= 4 is 11.8 Å². The molecule has 4 nitrogen and oxygen atoms in total. The molecule has 1 saturated heterocycles. The van der Waals surface area contributed by atoms with Crippen LogP contribution >= 0.6 is 0 Å². The number of carbonyl (C=O) groups excluding carboxylic acids is 2. The Bertz CT molecular complexity index is 268. The summed E-state index contributed by atoms with van der Waals surface area (Å²) in [7, 11) is 0. The van der Waals surface area contributed by atoms with Crippen molar-refractivity contribution in [2.75, 3.05) is 13.1 Å². The number of likely N-dealkylation sites (tertiary alicyclic amines) is 1. The average Bonchev–Trinajstić information content (AvgIpc) is 2.93. The van der Waals surface area contributed by atoms with Crippen LogP contribution in [0.4, 0.5) is 0 Å².